The number of hydrogen-bond donors (Lipinski definition) is 0. The first-order valence-electron chi connectivity index (χ1n) is 6.61. The van der Waals surface area contributed by atoms with Gasteiger partial charge in [-0.3, -0.25) is 4.79 Å². The first-order chi connectivity index (χ1) is 9.93. The van der Waals surface area contributed by atoms with Crippen LogP contribution in [0.3, 0.4) is 0 Å². The Morgan fingerprint density at radius 3 is 2.62 bits per heavy atom. The lowest BCUT2D eigenvalue weighted by atomic mass is 10.1. The number of methoxy groups -OCH3 is 1. The minimum absolute atomic E-state index is 0.0284. The van der Waals surface area contributed by atoms with Crippen molar-refractivity contribution in [2.75, 3.05) is 14.2 Å². The molecule has 1 aromatic heterocycles. The van der Waals surface area contributed by atoms with Crippen LogP contribution in [0.15, 0.2) is 34.8 Å². The predicted molar refractivity (Wildman–Crippen MR) is 90.3 cm³/mol. The summed E-state index contributed by atoms with van der Waals surface area (Å²) >= 11 is 5.16. The van der Waals surface area contributed by atoms with Crippen molar-refractivity contribution in [2.45, 2.75) is 19.9 Å². The zero-order valence-electron chi connectivity index (χ0n) is 12.5. The smallest absolute Gasteiger partial charge is 0.255 e. The highest BCUT2D eigenvalue weighted by molar-refractivity contribution is 9.10. The number of halogens is 1. The third-order valence-electron chi connectivity index (χ3n) is 3.48. The fourth-order valence-electron chi connectivity index (χ4n) is 2.03. The van der Waals surface area contributed by atoms with Gasteiger partial charge >= 0.3 is 0 Å². The molecule has 2 rings (SSSR count). The summed E-state index contributed by atoms with van der Waals surface area (Å²) in [5.41, 5.74) is 0.608. The van der Waals surface area contributed by atoms with Crippen LogP contribution in [0.4, 0.5) is 0 Å². The molecule has 1 unspecified atom stereocenters. The van der Waals surface area contributed by atoms with Crippen LogP contribution in [0.1, 0.15) is 33.1 Å². The van der Waals surface area contributed by atoms with E-state index in [2.05, 4.69) is 35.0 Å². The molecule has 3 nitrogen and oxygen atoms in total. The van der Waals surface area contributed by atoms with Gasteiger partial charge in [0.15, 0.2) is 0 Å². The Hall–Kier alpha value is -1.33. The highest BCUT2D eigenvalue weighted by atomic mass is 79.9. The van der Waals surface area contributed by atoms with Gasteiger partial charge in [-0.15, -0.1) is 11.3 Å². The molecule has 0 aliphatic carbocycles. The van der Waals surface area contributed by atoms with E-state index in [9.17, 15) is 4.79 Å². The number of ether oxygens (including phenoxy) is 1. The summed E-state index contributed by atoms with van der Waals surface area (Å²) in [5.74, 6) is 0.647. The molecule has 0 bridgehead atoms. The van der Waals surface area contributed by atoms with E-state index in [0.29, 0.717) is 11.3 Å². The Kier molecular flexibility index (Phi) is 5.06. The highest BCUT2D eigenvalue weighted by Crippen LogP contribution is 2.29. The van der Waals surface area contributed by atoms with Gasteiger partial charge in [0, 0.05) is 21.3 Å². The van der Waals surface area contributed by atoms with Crippen LogP contribution in [-0.2, 0) is 0 Å². The molecular formula is C16H18BrNO2S. The quantitative estimate of drug-likeness (QED) is 0.786. The Balaban J connectivity index is 2.26. The molecule has 1 amide bonds. The number of nitrogens with zero attached hydrogens (tertiary/aromatic N) is 1. The van der Waals surface area contributed by atoms with Gasteiger partial charge in [0.2, 0.25) is 0 Å². The van der Waals surface area contributed by atoms with Crippen LogP contribution in [0.2, 0.25) is 0 Å². The fraction of sp³-hybridized carbons (Fsp3) is 0.312. The number of aryl methyl sites for hydroxylation is 1. The predicted octanol–water partition coefficient (Wildman–Crippen LogP) is 4.66. The van der Waals surface area contributed by atoms with Crippen LogP contribution in [0.5, 0.6) is 5.75 Å². The number of benzene rings is 1. The monoisotopic (exact) mass is 367 g/mol. The third kappa shape index (κ3) is 3.47. The van der Waals surface area contributed by atoms with Crippen molar-refractivity contribution >= 4 is 33.2 Å². The molecule has 112 valence electrons. The molecule has 0 spiro atoms. The van der Waals surface area contributed by atoms with Crippen LogP contribution >= 0.6 is 27.3 Å². The normalized spacial score (nSPS) is 12.0. The molecule has 2 aromatic rings. The maximum absolute atomic E-state index is 12.7. The SMILES string of the molecule is COc1ccc(Br)c(C(=O)N(C)C(C)c2ccc(C)s2)c1. The lowest BCUT2D eigenvalue weighted by Gasteiger charge is -2.24. The van der Waals surface area contributed by atoms with Gasteiger partial charge in [0.1, 0.15) is 5.75 Å². The van der Waals surface area contributed by atoms with E-state index in [1.807, 2.05) is 26.1 Å². The second-order valence-corrected chi connectivity index (χ2v) is 7.06. The number of hydrogen-bond acceptors (Lipinski definition) is 3. The lowest BCUT2D eigenvalue weighted by Crippen LogP contribution is -2.29. The Morgan fingerprint density at radius 1 is 1.33 bits per heavy atom. The summed E-state index contributed by atoms with van der Waals surface area (Å²) in [6.07, 6.45) is 0. The van der Waals surface area contributed by atoms with E-state index in [4.69, 9.17) is 4.74 Å². The minimum Gasteiger partial charge on any atom is -0.497 e. The first kappa shape index (κ1) is 16.0. The zero-order valence-corrected chi connectivity index (χ0v) is 14.9. The van der Waals surface area contributed by atoms with E-state index in [0.717, 1.165) is 4.47 Å². The summed E-state index contributed by atoms with van der Waals surface area (Å²) in [5, 5.41) is 0. The van der Waals surface area contributed by atoms with Crippen molar-refractivity contribution < 1.29 is 9.53 Å². The maximum atomic E-state index is 12.7. The molecular weight excluding hydrogens is 350 g/mol. The van der Waals surface area contributed by atoms with E-state index in [1.165, 1.54) is 9.75 Å². The van der Waals surface area contributed by atoms with Gasteiger partial charge in [-0.1, -0.05) is 0 Å². The molecule has 0 aliphatic rings. The number of thiophene rings is 1. The van der Waals surface area contributed by atoms with Gasteiger partial charge in [-0.2, -0.15) is 0 Å². The number of carbonyl (C=O) groups is 1. The molecule has 0 saturated carbocycles. The first-order valence-corrected chi connectivity index (χ1v) is 8.22. The summed E-state index contributed by atoms with van der Waals surface area (Å²) in [6, 6.07) is 9.61. The molecule has 0 fully saturated rings. The maximum Gasteiger partial charge on any atom is 0.255 e. The van der Waals surface area contributed by atoms with Crippen molar-refractivity contribution in [2.24, 2.45) is 0 Å². The molecule has 0 saturated heterocycles. The van der Waals surface area contributed by atoms with Gasteiger partial charge in [-0.05, 0) is 60.1 Å². The summed E-state index contributed by atoms with van der Waals surface area (Å²) in [7, 11) is 3.42. The Morgan fingerprint density at radius 2 is 2.05 bits per heavy atom. The van der Waals surface area contributed by atoms with Crippen molar-refractivity contribution in [1.29, 1.82) is 0 Å². The van der Waals surface area contributed by atoms with Crippen molar-refractivity contribution in [1.82, 2.24) is 4.90 Å². The number of amides is 1. The van der Waals surface area contributed by atoms with E-state index in [1.54, 1.807) is 29.4 Å². The number of carbonyl (C=O) groups excluding carboxylic acids is 1. The van der Waals surface area contributed by atoms with E-state index >= 15 is 0 Å². The Labute approximate surface area is 137 Å². The molecule has 1 heterocycles. The highest BCUT2D eigenvalue weighted by Gasteiger charge is 2.22. The van der Waals surface area contributed by atoms with Gasteiger partial charge in [0.25, 0.3) is 5.91 Å². The topological polar surface area (TPSA) is 29.5 Å². The standard InChI is InChI=1S/C16H18BrNO2S/c1-10-5-8-15(21-10)11(2)18(3)16(19)13-9-12(20-4)6-7-14(13)17/h5-9,11H,1-4H3. The largest absolute Gasteiger partial charge is 0.497 e. The molecule has 0 radical (unpaired) electrons. The molecule has 21 heavy (non-hydrogen) atoms. The lowest BCUT2D eigenvalue weighted by molar-refractivity contribution is 0.0743. The molecule has 1 atom stereocenters. The molecule has 0 aliphatic heterocycles. The molecule has 1 aromatic carbocycles. The van der Waals surface area contributed by atoms with Crippen LogP contribution < -0.4 is 4.74 Å². The average molecular weight is 368 g/mol. The Bertz CT molecular complexity index is 653. The fourth-order valence-corrected chi connectivity index (χ4v) is 3.42. The summed E-state index contributed by atoms with van der Waals surface area (Å²) in [6.45, 7) is 4.11. The van der Waals surface area contributed by atoms with Crippen LogP contribution in [0, 0.1) is 6.92 Å². The summed E-state index contributed by atoms with van der Waals surface area (Å²) < 4.78 is 5.97. The zero-order chi connectivity index (χ0) is 15.6. The van der Waals surface area contributed by atoms with Crippen molar-refractivity contribution in [3.05, 3.63) is 50.1 Å². The average Bonchev–Trinajstić information content (AvgIpc) is 2.92. The molecule has 5 heteroatoms. The van der Waals surface area contributed by atoms with Gasteiger partial charge < -0.3 is 9.64 Å². The summed E-state index contributed by atoms with van der Waals surface area (Å²) in [4.78, 5) is 16.9. The van der Waals surface area contributed by atoms with Gasteiger partial charge in [-0.25, -0.2) is 0 Å². The van der Waals surface area contributed by atoms with Crippen molar-refractivity contribution in [3.8, 4) is 5.75 Å². The van der Waals surface area contributed by atoms with Crippen LogP contribution in [0.25, 0.3) is 0 Å². The van der Waals surface area contributed by atoms with Crippen LogP contribution in [-0.4, -0.2) is 25.0 Å². The third-order valence-corrected chi connectivity index (χ3v) is 5.34. The number of rotatable bonds is 4. The second-order valence-electron chi connectivity index (χ2n) is 4.89. The second kappa shape index (κ2) is 6.62. The minimum atomic E-state index is -0.0284. The van der Waals surface area contributed by atoms with E-state index < -0.39 is 0 Å². The van der Waals surface area contributed by atoms with Gasteiger partial charge in [0.05, 0.1) is 18.7 Å². The molecule has 0 N–H and O–H groups in total. The van der Waals surface area contributed by atoms with Crippen molar-refractivity contribution in [3.63, 3.8) is 0 Å². The van der Waals surface area contributed by atoms with E-state index in [-0.39, 0.29) is 11.9 Å².